The standard InChI is InChI=1S/C13H19ClN4O2/c1-3-5-16-12-10(14)7-9(8-18-12)13(20)17-6-4-11(19)15-2/h7-8H,3-6H2,1-2H3,(H,15,19)(H,16,18)(H,17,20). The minimum atomic E-state index is -0.301. The molecule has 0 spiro atoms. The molecule has 0 aliphatic rings. The number of aromatic nitrogens is 1. The Labute approximate surface area is 123 Å². The second kappa shape index (κ2) is 8.37. The largest absolute Gasteiger partial charge is 0.369 e. The topological polar surface area (TPSA) is 83.1 Å². The van der Waals surface area contributed by atoms with E-state index < -0.39 is 0 Å². The molecule has 110 valence electrons. The van der Waals surface area contributed by atoms with Crippen LogP contribution in [0.3, 0.4) is 0 Å². The molecule has 0 aliphatic heterocycles. The summed E-state index contributed by atoms with van der Waals surface area (Å²) in [6.07, 6.45) is 2.65. The number of nitrogens with zero attached hydrogens (tertiary/aromatic N) is 1. The zero-order chi connectivity index (χ0) is 15.0. The van der Waals surface area contributed by atoms with Gasteiger partial charge in [0.05, 0.1) is 10.6 Å². The Bertz CT molecular complexity index is 479. The molecular formula is C13H19ClN4O2. The second-order valence-electron chi connectivity index (χ2n) is 4.16. The molecule has 0 bridgehead atoms. The van der Waals surface area contributed by atoms with Crippen LogP contribution in [0.4, 0.5) is 5.82 Å². The molecule has 0 saturated heterocycles. The molecule has 1 heterocycles. The number of pyridine rings is 1. The number of rotatable bonds is 7. The second-order valence-corrected chi connectivity index (χ2v) is 4.57. The van der Waals surface area contributed by atoms with Crippen LogP contribution in [-0.4, -0.2) is 36.9 Å². The van der Waals surface area contributed by atoms with Crippen LogP contribution >= 0.6 is 11.6 Å². The van der Waals surface area contributed by atoms with Gasteiger partial charge in [-0.1, -0.05) is 18.5 Å². The van der Waals surface area contributed by atoms with Crippen LogP contribution in [0.15, 0.2) is 12.3 Å². The lowest BCUT2D eigenvalue weighted by molar-refractivity contribution is -0.120. The van der Waals surface area contributed by atoms with E-state index in [1.807, 2.05) is 6.92 Å². The normalized spacial score (nSPS) is 9.95. The summed E-state index contributed by atoms with van der Waals surface area (Å²) < 4.78 is 0. The maximum absolute atomic E-state index is 11.8. The molecule has 7 heteroatoms. The van der Waals surface area contributed by atoms with Crippen molar-refractivity contribution < 1.29 is 9.59 Å². The highest BCUT2D eigenvalue weighted by molar-refractivity contribution is 6.33. The summed E-state index contributed by atoms with van der Waals surface area (Å²) in [5.41, 5.74) is 0.369. The molecule has 0 fully saturated rings. The van der Waals surface area contributed by atoms with Crippen LogP contribution in [0.2, 0.25) is 5.02 Å². The van der Waals surface area contributed by atoms with Crippen LogP contribution in [0.5, 0.6) is 0 Å². The van der Waals surface area contributed by atoms with Crippen LogP contribution < -0.4 is 16.0 Å². The fourth-order valence-corrected chi connectivity index (χ4v) is 1.69. The number of carbonyl (C=O) groups is 2. The highest BCUT2D eigenvalue weighted by atomic mass is 35.5. The van der Waals surface area contributed by atoms with E-state index in [0.717, 1.165) is 13.0 Å². The predicted molar refractivity (Wildman–Crippen MR) is 79.0 cm³/mol. The van der Waals surface area contributed by atoms with E-state index in [-0.39, 0.29) is 24.8 Å². The lowest BCUT2D eigenvalue weighted by atomic mass is 10.2. The first-order chi connectivity index (χ1) is 9.58. The van der Waals surface area contributed by atoms with E-state index >= 15 is 0 Å². The van der Waals surface area contributed by atoms with Gasteiger partial charge >= 0.3 is 0 Å². The summed E-state index contributed by atoms with van der Waals surface area (Å²) in [6, 6.07) is 1.56. The SMILES string of the molecule is CCCNc1ncc(C(=O)NCCC(=O)NC)cc1Cl. The van der Waals surface area contributed by atoms with Crippen molar-refractivity contribution in [2.24, 2.45) is 0 Å². The smallest absolute Gasteiger partial charge is 0.252 e. The highest BCUT2D eigenvalue weighted by Crippen LogP contribution is 2.19. The highest BCUT2D eigenvalue weighted by Gasteiger charge is 2.10. The van der Waals surface area contributed by atoms with E-state index in [0.29, 0.717) is 16.4 Å². The van der Waals surface area contributed by atoms with Gasteiger partial charge in [-0.25, -0.2) is 4.98 Å². The van der Waals surface area contributed by atoms with Crippen molar-refractivity contribution in [1.29, 1.82) is 0 Å². The van der Waals surface area contributed by atoms with Crippen molar-refractivity contribution in [3.05, 3.63) is 22.8 Å². The van der Waals surface area contributed by atoms with Crippen LogP contribution in [0.1, 0.15) is 30.1 Å². The molecule has 1 rings (SSSR count). The van der Waals surface area contributed by atoms with Gasteiger partial charge in [-0.2, -0.15) is 0 Å². The summed E-state index contributed by atoms with van der Waals surface area (Å²) >= 11 is 6.05. The van der Waals surface area contributed by atoms with Crippen molar-refractivity contribution in [3.8, 4) is 0 Å². The molecule has 0 aromatic carbocycles. The fraction of sp³-hybridized carbons (Fsp3) is 0.462. The Hall–Kier alpha value is -1.82. The van der Waals surface area contributed by atoms with E-state index in [2.05, 4.69) is 20.9 Å². The first-order valence-corrected chi connectivity index (χ1v) is 6.84. The van der Waals surface area contributed by atoms with Crippen molar-refractivity contribution in [2.75, 3.05) is 25.5 Å². The Morgan fingerprint density at radius 3 is 2.70 bits per heavy atom. The molecule has 6 nitrogen and oxygen atoms in total. The summed E-state index contributed by atoms with van der Waals surface area (Å²) in [6.45, 7) is 3.07. The van der Waals surface area contributed by atoms with Crippen molar-refractivity contribution in [3.63, 3.8) is 0 Å². The molecule has 0 saturated carbocycles. The van der Waals surface area contributed by atoms with Crippen molar-refractivity contribution >= 4 is 29.2 Å². The molecule has 3 N–H and O–H groups in total. The third kappa shape index (κ3) is 5.05. The maximum atomic E-state index is 11.8. The Morgan fingerprint density at radius 1 is 1.35 bits per heavy atom. The lowest BCUT2D eigenvalue weighted by Crippen LogP contribution is -2.29. The van der Waals surface area contributed by atoms with E-state index in [4.69, 9.17) is 11.6 Å². The zero-order valence-electron chi connectivity index (χ0n) is 11.6. The molecule has 2 amide bonds. The number of nitrogens with one attached hydrogen (secondary N) is 3. The average molecular weight is 299 g/mol. The van der Waals surface area contributed by atoms with Gasteiger partial charge in [-0.3, -0.25) is 9.59 Å². The van der Waals surface area contributed by atoms with E-state index in [1.54, 1.807) is 13.1 Å². The maximum Gasteiger partial charge on any atom is 0.252 e. The molecule has 0 unspecified atom stereocenters. The van der Waals surface area contributed by atoms with Crippen LogP contribution in [-0.2, 0) is 4.79 Å². The first kappa shape index (κ1) is 16.2. The molecule has 1 aromatic heterocycles. The molecule has 0 aliphatic carbocycles. The minimum absolute atomic E-state index is 0.124. The van der Waals surface area contributed by atoms with Crippen LogP contribution in [0.25, 0.3) is 0 Å². The van der Waals surface area contributed by atoms with Gasteiger partial charge < -0.3 is 16.0 Å². The Kier molecular flexibility index (Phi) is 6.79. The van der Waals surface area contributed by atoms with Gasteiger partial charge in [-0.05, 0) is 12.5 Å². The average Bonchev–Trinajstić information content (AvgIpc) is 2.45. The summed E-state index contributed by atoms with van der Waals surface area (Å²) in [7, 11) is 1.55. The van der Waals surface area contributed by atoms with Gasteiger partial charge in [-0.15, -0.1) is 0 Å². The van der Waals surface area contributed by atoms with Gasteiger partial charge in [0.2, 0.25) is 5.91 Å². The number of carbonyl (C=O) groups excluding carboxylic acids is 2. The number of anilines is 1. The van der Waals surface area contributed by atoms with Gasteiger partial charge in [0.15, 0.2) is 0 Å². The summed E-state index contributed by atoms with van der Waals surface area (Å²) in [5, 5.41) is 8.58. The lowest BCUT2D eigenvalue weighted by Gasteiger charge is -2.08. The van der Waals surface area contributed by atoms with Gasteiger partial charge in [0.25, 0.3) is 5.91 Å². The third-order valence-electron chi connectivity index (χ3n) is 2.56. The van der Waals surface area contributed by atoms with E-state index in [9.17, 15) is 9.59 Å². The Balaban J connectivity index is 2.56. The fourth-order valence-electron chi connectivity index (χ4n) is 1.45. The monoisotopic (exact) mass is 298 g/mol. The Morgan fingerprint density at radius 2 is 2.10 bits per heavy atom. The molecule has 1 aromatic rings. The summed E-state index contributed by atoms with van der Waals surface area (Å²) in [5.74, 6) is 0.140. The number of halogens is 1. The predicted octanol–water partition coefficient (Wildman–Crippen LogP) is 1.42. The summed E-state index contributed by atoms with van der Waals surface area (Å²) in [4.78, 5) is 27.0. The van der Waals surface area contributed by atoms with Crippen molar-refractivity contribution in [1.82, 2.24) is 15.6 Å². The minimum Gasteiger partial charge on any atom is -0.369 e. The van der Waals surface area contributed by atoms with Gasteiger partial charge in [0, 0.05) is 32.8 Å². The zero-order valence-corrected chi connectivity index (χ0v) is 12.4. The molecule has 0 radical (unpaired) electrons. The number of amides is 2. The first-order valence-electron chi connectivity index (χ1n) is 6.46. The van der Waals surface area contributed by atoms with Gasteiger partial charge in [0.1, 0.15) is 5.82 Å². The molecule has 20 heavy (non-hydrogen) atoms. The number of hydrogen-bond donors (Lipinski definition) is 3. The third-order valence-corrected chi connectivity index (χ3v) is 2.85. The molecule has 0 atom stereocenters. The number of hydrogen-bond acceptors (Lipinski definition) is 4. The quantitative estimate of drug-likeness (QED) is 0.711. The van der Waals surface area contributed by atoms with E-state index in [1.165, 1.54) is 6.20 Å². The van der Waals surface area contributed by atoms with Crippen molar-refractivity contribution in [2.45, 2.75) is 19.8 Å². The van der Waals surface area contributed by atoms with Crippen LogP contribution in [0, 0.1) is 0 Å². The molecular weight excluding hydrogens is 280 g/mol.